The van der Waals surface area contributed by atoms with Crippen molar-refractivity contribution in [1.29, 1.82) is 0 Å². The lowest BCUT2D eigenvalue weighted by atomic mass is 9.87. The summed E-state index contributed by atoms with van der Waals surface area (Å²) < 4.78 is 11.8. The number of ether oxygens (including phenoxy) is 2. The molecule has 5 nitrogen and oxygen atoms in total. The highest BCUT2D eigenvalue weighted by Crippen LogP contribution is 2.62. The second-order valence-corrected chi connectivity index (χ2v) is 9.80. The first-order chi connectivity index (χ1) is 15.0. The van der Waals surface area contributed by atoms with Gasteiger partial charge in [-0.05, 0) is 73.4 Å². The molecule has 0 unspecified atom stereocenters. The molecule has 1 saturated heterocycles. The zero-order valence-electron chi connectivity index (χ0n) is 17.9. The number of nitrogens with one attached hydrogen (secondary N) is 1. The van der Waals surface area contributed by atoms with Crippen LogP contribution in [0.15, 0.2) is 36.4 Å². The van der Waals surface area contributed by atoms with Crippen molar-refractivity contribution in [3.8, 4) is 5.75 Å². The summed E-state index contributed by atoms with van der Waals surface area (Å²) in [5, 5.41) is 14.9. The normalized spacial score (nSPS) is 31.2. The molecule has 31 heavy (non-hydrogen) atoms. The van der Waals surface area contributed by atoms with Gasteiger partial charge in [0.1, 0.15) is 12.4 Å². The Morgan fingerprint density at radius 1 is 1.16 bits per heavy atom. The highest BCUT2D eigenvalue weighted by Gasteiger charge is 2.70. The van der Waals surface area contributed by atoms with Crippen molar-refractivity contribution in [2.45, 2.75) is 75.7 Å². The second kappa shape index (κ2) is 6.73. The number of esters is 1. The van der Waals surface area contributed by atoms with E-state index in [1.54, 1.807) is 0 Å². The minimum Gasteiger partial charge on any atom is -0.489 e. The third kappa shape index (κ3) is 2.75. The summed E-state index contributed by atoms with van der Waals surface area (Å²) in [6, 6.07) is 12.4. The van der Waals surface area contributed by atoms with Gasteiger partial charge in [0.25, 0.3) is 0 Å². The van der Waals surface area contributed by atoms with Gasteiger partial charge in [-0.3, -0.25) is 4.79 Å². The third-order valence-corrected chi connectivity index (χ3v) is 8.02. The maximum atomic E-state index is 12.0. The monoisotopic (exact) mass is 419 g/mol. The molecule has 2 aromatic rings. The average Bonchev–Trinajstić information content (AvgIpc) is 3.48. The lowest BCUT2D eigenvalue weighted by molar-refractivity contribution is -0.168. The Morgan fingerprint density at radius 2 is 2.00 bits per heavy atom. The molecular formula is C26H29NO4. The summed E-state index contributed by atoms with van der Waals surface area (Å²) in [6.07, 6.45) is 7.01. The molecular weight excluding hydrogens is 390 g/mol. The minimum atomic E-state index is -1.20. The molecule has 5 heteroatoms. The zero-order chi connectivity index (χ0) is 21.2. The van der Waals surface area contributed by atoms with Crippen LogP contribution in [0.3, 0.4) is 0 Å². The number of anilines is 1. The Balaban J connectivity index is 1.21. The minimum absolute atomic E-state index is 0.00289. The Bertz CT molecular complexity index is 1060. The fourth-order valence-electron chi connectivity index (χ4n) is 6.46. The van der Waals surface area contributed by atoms with Crippen LogP contribution in [0.2, 0.25) is 0 Å². The van der Waals surface area contributed by atoms with Gasteiger partial charge in [-0.1, -0.05) is 31.0 Å². The molecule has 0 bridgehead atoms. The molecule has 2 heterocycles. The number of rotatable bonds is 4. The van der Waals surface area contributed by atoms with E-state index < -0.39 is 11.3 Å². The standard InChI is InChI=1S/C26H29NO4/c1-16-12-17(6-8-21(16)18-4-2-3-5-18)15-30-20-7-9-23-22(14-20)25(29)11-10-19-13-24(28)31-26(19,25)27-23/h6-9,12,14,18-19,27,29H,2-5,10-11,13,15H2,1H3/t19-,25+,26+/m1/s1. The molecule has 2 aliphatic carbocycles. The van der Waals surface area contributed by atoms with Crippen LogP contribution >= 0.6 is 0 Å². The average molecular weight is 420 g/mol. The van der Waals surface area contributed by atoms with Crippen LogP contribution in [0, 0.1) is 12.8 Å². The predicted octanol–water partition coefficient (Wildman–Crippen LogP) is 4.90. The van der Waals surface area contributed by atoms with Crippen LogP contribution in [0.1, 0.15) is 73.1 Å². The summed E-state index contributed by atoms with van der Waals surface area (Å²) in [7, 11) is 0. The molecule has 2 aliphatic heterocycles. The number of hydrogen-bond donors (Lipinski definition) is 2. The van der Waals surface area contributed by atoms with E-state index in [9.17, 15) is 9.90 Å². The molecule has 0 aromatic heterocycles. The van der Waals surface area contributed by atoms with E-state index in [0.29, 0.717) is 25.4 Å². The second-order valence-electron chi connectivity index (χ2n) is 9.80. The van der Waals surface area contributed by atoms with Crippen LogP contribution in [0.4, 0.5) is 5.69 Å². The van der Waals surface area contributed by atoms with Crippen LogP contribution in [-0.2, 0) is 21.7 Å². The number of benzene rings is 2. The van der Waals surface area contributed by atoms with Gasteiger partial charge in [-0.15, -0.1) is 0 Å². The lowest BCUT2D eigenvalue weighted by Gasteiger charge is -2.34. The van der Waals surface area contributed by atoms with E-state index in [-0.39, 0.29) is 11.9 Å². The summed E-state index contributed by atoms with van der Waals surface area (Å²) in [4.78, 5) is 12.0. The van der Waals surface area contributed by atoms with Gasteiger partial charge in [0.2, 0.25) is 5.72 Å². The van der Waals surface area contributed by atoms with Gasteiger partial charge in [0.05, 0.1) is 6.42 Å². The van der Waals surface area contributed by atoms with E-state index in [0.717, 1.165) is 29.0 Å². The summed E-state index contributed by atoms with van der Waals surface area (Å²) in [6.45, 7) is 2.69. The van der Waals surface area contributed by atoms with Crippen molar-refractivity contribution in [3.63, 3.8) is 0 Å². The first kappa shape index (κ1) is 19.2. The fraction of sp³-hybridized carbons (Fsp3) is 0.500. The van der Waals surface area contributed by atoms with Gasteiger partial charge < -0.3 is 19.9 Å². The van der Waals surface area contributed by atoms with Gasteiger partial charge >= 0.3 is 5.97 Å². The van der Waals surface area contributed by atoms with Crippen molar-refractivity contribution in [1.82, 2.24) is 0 Å². The van der Waals surface area contributed by atoms with E-state index in [4.69, 9.17) is 9.47 Å². The molecule has 3 fully saturated rings. The first-order valence-corrected chi connectivity index (χ1v) is 11.6. The van der Waals surface area contributed by atoms with Crippen LogP contribution in [-0.4, -0.2) is 16.8 Å². The van der Waals surface area contributed by atoms with Crippen molar-refractivity contribution in [2.24, 2.45) is 5.92 Å². The van der Waals surface area contributed by atoms with E-state index in [1.165, 1.54) is 36.8 Å². The van der Waals surface area contributed by atoms with Gasteiger partial charge in [0, 0.05) is 17.2 Å². The lowest BCUT2D eigenvalue weighted by Crippen LogP contribution is -2.51. The Hall–Kier alpha value is -2.53. The Kier molecular flexibility index (Phi) is 4.16. The Morgan fingerprint density at radius 3 is 2.81 bits per heavy atom. The third-order valence-electron chi connectivity index (χ3n) is 8.02. The smallest absolute Gasteiger partial charge is 0.308 e. The summed E-state index contributed by atoms with van der Waals surface area (Å²) in [5.74, 6) is 1.20. The highest BCUT2D eigenvalue weighted by molar-refractivity contribution is 5.77. The SMILES string of the molecule is Cc1cc(COc2ccc3c(c2)[C@@]2(O)CC[C@@H]4CC(=O)O[C@@]42N3)ccc1C1CCCC1. The number of fused-ring (bicyclic) bond motifs is 2. The zero-order valence-corrected chi connectivity index (χ0v) is 17.9. The van der Waals surface area contributed by atoms with Crippen LogP contribution < -0.4 is 10.1 Å². The number of aryl methyl sites for hydroxylation is 1. The molecule has 3 atom stereocenters. The number of carbonyl (C=O) groups excluding carboxylic acids is 1. The molecule has 0 amide bonds. The molecule has 2 aromatic carbocycles. The molecule has 0 radical (unpaired) electrons. The predicted molar refractivity (Wildman–Crippen MR) is 117 cm³/mol. The number of aliphatic hydroxyl groups is 1. The maximum Gasteiger partial charge on any atom is 0.308 e. The van der Waals surface area contributed by atoms with Gasteiger partial charge in [-0.2, -0.15) is 0 Å². The van der Waals surface area contributed by atoms with Gasteiger partial charge in [-0.25, -0.2) is 0 Å². The molecule has 2 N–H and O–H groups in total. The van der Waals surface area contributed by atoms with Crippen LogP contribution in [0.25, 0.3) is 0 Å². The van der Waals surface area contributed by atoms with E-state index in [1.807, 2.05) is 18.2 Å². The largest absolute Gasteiger partial charge is 0.489 e. The highest BCUT2D eigenvalue weighted by atomic mass is 16.6. The molecule has 2 saturated carbocycles. The van der Waals surface area contributed by atoms with Crippen molar-refractivity contribution in [3.05, 3.63) is 58.7 Å². The van der Waals surface area contributed by atoms with E-state index >= 15 is 0 Å². The quantitative estimate of drug-likeness (QED) is 0.690. The summed E-state index contributed by atoms with van der Waals surface area (Å²) in [5.41, 5.74) is 3.37. The van der Waals surface area contributed by atoms with Crippen molar-refractivity contribution in [2.75, 3.05) is 5.32 Å². The van der Waals surface area contributed by atoms with Gasteiger partial charge in [0.15, 0.2) is 5.60 Å². The fourth-order valence-corrected chi connectivity index (χ4v) is 6.46. The summed E-state index contributed by atoms with van der Waals surface area (Å²) >= 11 is 0. The van der Waals surface area contributed by atoms with Crippen molar-refractivity contribution >= 4 is 11.7 Å². The number of carbonyl (C=O) groups is 1. The molecule has 162 valence electrons. The number of hydrogen-bond acceptors (Lipinski definition) is 5. The first-order valence-electron chi connectivity index (χ1n) is 11.6. The molecule has 4 aliphatic rings. The topological polar surface area (TPSA) is 67.8 Å². The van der Waals surface area contributed by atoms with E-state index in [2.05, 4.69) is 30.4 Å². The Labute approximate surface area is 182 Å². The molecule has 1 spiro atoms. The van der Waals surface area contributed by atoms with Crippen LogP contribution in [0.5, 0.6) is 5.75 Å². The molecule has 6 rings (SSSR count). The van der Waals surface area contributed by atoms with Crippen molar-refractivity contribution < 1.29 is 19.4 Å². The maximum absolute atomic E-state index is 12.0.